The first-order valence-corrected chi connectivity index (χ1v) is 8.49. The van der Waals surface area contributed by atoms with Crippen molar-refractivity contribution in [1.29, 1.82) is 0 Å². The van der Waals surface area contributed by atoms with Crippen molar-refractivity contribution in [1.82, 2.24) is 14.5 Å². The summed E-state index contributed by atoms with van der Waals surface area (Å²) in [4.78, 5) is 0.119. The van der Waals surface area contributed by atoms with Gasteiger partial charge in [0.15, 0.2) is 0 Å². The SMILES string of the molecule is Cc1cc(CO)cc(S(=O)(=O)NCc2ccnn2C)c1Br. The summed E-state index contributed by atoms with van der Waals surface area (Å²) in [5, 5.41) is 13.2. The Morgan fingerprint density at radius 2 is 2.14 bits per heavy atom. The van der Waals surface area contributed by atoms with Crippen LogP contribution in [0.5, 0.6) is 0 Å². The summed E-state index contributed by atoms with van der Waals surface area (Å²) < 4.78 is 29.5. The number of nitrogens with zero attached hydrogens (tertiary/aromatic N) is 2. The Morgan fingerprint density at radius 3 is 2.71 bits per heavy atom. The zero-order valence-corrected chi connectivity index (χ0v) is 14.1. The smallest absolute Gasteiger partial charge is 0.242 e. The minimum Gasteiger partial charge on any atom is -0.392 e. The average molecular weight is 374 g/mol. The maximum atomic E-state index is 12.4. The summed E-state index contributed by atoms with van der Waals surface area (Å²) in [6.45, 7) is 1.72. The molecule has 6 nitrogen and oxygen atoms in total. The number of aromatic nitrogens is 2. The minimum absolute atomic E-state index is 0.119. The van der Waals surface area contributed by atoms with Crippen LogP contribution in [0.1, 0.15) is 16.8 Å². The Balaban J connectivity index is 2.31. The molecular formula is C13H16BrN3O3S. The lowest BCUT2D eigenvalue weighted by molar-refractivity contribution is 0.281. The predicted octanol–water partition coefficient (Wildman–Crippen LogP) is 1.46. The van der Waals surface area contributed by atoms with E-state index in [-0.39, 0.29) is 18.0 Å². The summed E-state index contributed by atoms with van der Waals surface area (Å²) in [7, 11) is -1.94. The molecule has 0 aliphatic rings. The minimum atomic E-state index is -3.69. The van der Waals surface area contributed by atoms with E-state index in [0.29, 0.717) is 10.0 Å². The number of halogens is 1. The third-order valence-electron chi connectivity index (χ3n) is 3.12. The topological polar surface area (TPSA) is 84.2 Å². The van der Waals surface area contributed by atoms with Crippen LogP contribution in [0.2, 0.25) is 0 Å². The van der Waals surface area contributed by atoms with Gasteiger partial charge in [-0.05, 0) is 46.1 Å². The fourth-order valence-corrected chi connectivity index (χ4v) is 3.98. The van der Waals surface area contributed by atoms with Gasteiger partial charge in [-0.25, -0.2) is 13.1 Å². The summed E-state index contributed by atoms with van der Waals surface area (Å²) in [5.74, 6) is 0. The number of aliphatic hydroxyl groups excluding tert-OH is 1. The highest BCUT2D eigenvalue weighted by molar-refractivity contribution is 9.10. The van der Waals surface area contributed by atoms with E-state index >= 15 is 0 Å². The maximum absolute atomic E-state index is 12.4. The van der Waals surface area contributed by atoms with Gasteiger partial charge in [-0.15, -0.1) is 0 Å². The van der Waals surface area contributed by atoms with Crippen LogP contribution in [0.4, 0.5) is 0 Å². The van der Waals surface area contributed by atoms with Gasteiger partial charge in [-0.3, -0.25) is 4.68 Å². The Hall–Kier alpha value is -1.22. The number of benzene rings is 1. The molecule has 0 fully saturated rings. The molecule has 0 atom stereocenters. The number of rotatable bonds is 5. The molecule has 0 unspecified atom stereocenters. The standard InChI is InChI=1S/C13H16BrN3O3S/c1-9-5-10(8-18)6-12(13(9)14)21(19,20)16-7-11-3-4-15-17(11)2/h3-6,16,18H,7-8H2,1-2H3. The number of sulfonamides is 1. The predicted molar refractivity (Wildman–Crippen MR) is 82.0 cm³/mol. The highest BCUT2D eigenvalue weighted by Gasteiger charge is 2.20. The normalized spacial score (nSPS) is 11.8. The third-order valence-corrected chi connectivity index (χ3v) is 5.86. The first kappa shape index (κ1) is 16.2. The molecule has 114 valence electrons. The number of hydrogen-bond acceptors (Lipinski definition) is 4. The van der Waals surface area contributed by atoms with Crippen molar-refractivity contribution in [3.63, 3.8) is 0 Å². The Labute approximate surface area is 132 Å². The molecule has 1 heterocycles. The lowest BCUT2D eigenvalue weighted by Gasteiger charge is -2.12. The second kappa shape index (κ2) is 6.27. The lowest BCUT2D eigenvalue weighted by atomic mass is 10.1. The number of nitrogens with one attached hydrogen (secondary N) is 1. The summed E-state index contributed by atoms with van der Waals surface area (Å²) in [6.07, 6.45) is 1.61. The largest absolute Gasteiger partial charge is 0.392 e. The molecule has 2 aromatic rings. The van der Waals surface area contributed by atoms with Crippen LogP contribution in [0.25, 0.3) is 0 Å². The maximum Gasteiger partial charge on any atom is 0.242 e. The average Bonchev–Trinajstić information content (AvgIpc) is 2.84. The lowest BCUT2D eigenvalue weighted by Crippen LogP contribution is -2.25. The van der Waals surface area contributed by atoms with E-state index in [4.69, 9.17) is 0 Å². The molecule has 0 radical (unpaired) electrons. The van der Waals surface area contributed by atoms with Gasteiger partial charge in [-0.1, -0.05) is 6.07 Å². The molecule has 2 N–H and O–H groups in total. The van der Waals surface area contributed by atoms with Crippen LogP contribution >= 0.6 is 15.9 Å². The van der Waals surface area contributed by atoms with Gasteiger partial charge in [0.1, 0.15) is 0 Å². The van der Waals surface area contributed by atoms with Gasteiger partial charge in [0, 0.05) is 17.7 Å². The molecule has 21 heavy (non-hydrogen) atoms. The number of aryl methyl sites for hydroxylation is 2. The van der Waals surface area contributed by atoms with Gasteiger partial charge in [-0.2, -0.15) is 5.10 Å². The molecule has 0 saturated heterocycles. The summed E-state index contributed by atoms with van der Waals surface area (Å²) in [6, 6.07) is 4.94. The molecule has 0 bridgehead atoms. The van der Waals surface area contributed by atoms with Crippen molar-refractivity contribution in [2.45, 2.75) is 25.0 Å². The van der Waals surface area contributed by atoms with E-state index in [1.165, 1.54) is 6.07 Å². The molecule has 0 aliphatic carbocycles. The first-order valence-electron chi connectivity index (χ1n) is 6.21. The third kappa shape index (κ3) is 3.52. The van der Waals surface area contributed by atoms with Crippen molar-refractivity contribution < 1.29 is 13.5 Å². The van der Waals surface area contributed by atoms with Crippen molar-refractivity contribution >= 4 is 26.0 Å². The Kier molecular flexibility index (Phi) is 4.82. The second-order valence-corrected chi connectivity index (χ2v) is 7.18. The van der Waals surface area contributed by atoms with Crippen LogP contribution < -0.4 is 4.72 Å². The van der Waals surface area contributed by atoms with Crippen molar-refractivity contribution in [3.8, 4) is 0 Å². The first-order chi connectivity index (χ1) is 9.85. The monoisotopic (exact) mass is 373 g/mol. The second-order valence-electron chi connectivity index (χ2n) is 4.65. The van der Waals surface area contributed by atoms with E-state index in [0.717, 1.165) is 11.3 Å². The van der Waals surface area contributed by atoms with E-state index in [2.05, 4.69) is 25.8 Å². The van der Waals surface area contributed by atoms with Gasteiger partial charge < -0.3 is 5.11 Å². The molecular weight excluding hydrogens is 358 g/mol. The molecule has 1 aromatic heterocycles. The number of aliphatic hydroxyl groups is 1. The molecule has 0 spiro atoms. The van der Waals surface area contributed by atoms with E-state index in [1.54, 1.807) is 37.0 Å². The van der Waals surface area contributed by atoms with Crippen LogP contribution in [0.3, 0.4) is 0 Å². The van der Waals surface area contributed by atoms with Crippen LogP contribution in [-0.4, -0.2) is 23.3 Å². The van der Waals surface area contributed by atoms with E-state index in [1.807, 2.05) is 0 Å². The van der Waals surface area contributed by atoms with E-state index in [9.17, 15) is 13.5 Å². The van der Waals surface area contributed by atoms with E-state index < -0.39 is 10.0 Å². The molecule has 1 aromatic carbocycles. The molecule has 0 amide bonds. The van der Waals surface area contributed by atoms with Crippen LogP contribution in [0, 0.1) is 6.92 Å². The Morgan fingerprint density at radius 1 is 1.43 bits per heavy atom. The fraction of sp³-hybridized carbons (Fsp3) is 0.308. The fourth-order valence-electron chi connectivity index (χ4n) is 1.92. The van der Waals surface area contributed by atoms with Gasteiger partial charge in [0.2, 0.25) is 10.0 Å². The highest BCUT2D eigenvalue weighted by atomic mass is 79.9. The summed E-state index contributed by atoms with van der Waals surface area (Å²) >= 11 is 3.29. The Bertz CT molecular complexity index is 756. The van der Waals surface area contributed by atoms with Gasteiger partial charge in [0.05, 0.1) is 23.7 Å². The molecule has 8 heteroatoms. The molecule has 2 rings (SSSR count). The summed E-state index contributed by atoms with van der Waals surface area (Å²) in [5.41, 5.74) is 2.06. The molecule has 0 saturated carbocycles. The van der Waals surface area contributed by atoms with Crippen LogP contribution in [-0.2, 0) is 30.2 Å². The molecule has 0 aliphatic heterocycles. The van der Waals surface area contributed by atoms with Crippen molar-refractivity contribution in [3.05, 3.63) is 45.7 Å². The zero-order valence-electron chi connectivity index (χ0n) is 11.7. The number of hydrogen-bond donors (Lipinski definition) is 2. The van der Waals surface area contributed by atoms with Crippen LogP contribution in [0.15, 0.2) is 33.8 Å². The van der Waals surface area contributed by atoms with Crippen molar-refractivity contribution in [2.24, 2.45) is 7.05 Å². The van der Waals surface area contributed by atoms with Crippen molar-refractivity contribution in [2.75, 3.05) is 0 Å². The zero-order chi connectivity index (χ0) is 15.6. The van der Waals surface area contributed by atoms with Gasteiger partial charge >= 0.3 is 0 Å². The van der Waals surface area contributed by atoms with Gasteiger partial charge in [0.25, 0.3) is 0 Å². The quantitative estimate of drug-likeness (QED) is 0.830. The highest BCUT2D eigenvalue weighted by Crippen LogP contribution is 2.27.